The van der Waals surface area contributed by atoms with Gasteiger partial charge in [0.05, 0.1) is 9.92 Å². The van der Waals surface area contributed by atoms with Gasteiger partial charge < -0.3 is 5.32 Å². The molecule has 0 saturated carbocycles. The number of nitrogens with zero attached hydrogens (tertiary/aromatic N) is 1. The zero-order valence-corrected chi connectivity index (χ0v) is 16.4. The van der Waals surface area contributed by atoms with E-state index < -0.39 is 10.0 Å². The number of rotatable bonds is 5. The van der Waals surface area contributed by atoms with E-state index in [1.54, 1.807) is 22.5 Å². The minimum Gasteiger partial charge on any atom is -0.317 e. The van der Waals surface area contributed by atoms with E-state index >= 15 is 0 Å². The van der Waals surface area contributed by atoms with E-state index in [2.05, 4.69) is 28.2 Å². The summed E-state index contributed by atoms with van der Waals surface area (Å²) < 4.78 is 27.4. The molecule has 1 heterocycles. The van der Waals surface area contributed by atoms with Crippen LogP contribution in [0.1, 0.15) is 19.8 Å². The van der Waals surface area contributed by atoms with Crippen molar-refractivity contribution in [3.63, 3.8) is 0 Å². The standard InChI is InChI=1S/C14H20BrClN2O2S.ClH/c1-2-17-10-11-5-7-18(8-6-11)21(19,20)12-3-4-14(16)13(15)9-12;/h3-4,9,11,17H,2,5-8,10H2,1H3;1H. The number of hydrogen-bond donors (Lipinski definition) is 1. The summed E-state index contributed by atoms with van der Waals surface area (Å²) in [7, 11) is -3.42. The first-order valence-electron chi connectivity index (χ1n) is 7.11. The van der Waals surface area contributed by atoms with Crippen LogP contribution in [0.4, 0.5) is 0 Å². The quantitative estimate of drug-likeness (QED) is 0.775. The summed E-state index contributed by atoms with van der Waals surface area (Å²) in [6.07, 6.45) is 1.81. The van der Waals surface area contributed by atoms with Crippen molar-refractivity contribution in [3.05, 3.63) is 27.7 Å². The molecule has 0 radical (unpaired) electrons. The third-order valence-electron chi connectivity index (χ3n) is 3.79. The zero-order chi connectivity index (χ0) is 15.5. The monoisotopic (exact) mass is 430 g/mol. The van der Waals surface area contributed by atoms with Gasteiger partial charge in [-0.1, -0.05) is 18.5 Å². The molecule has 0 bridgehead atoms. The fraction of sp³-hybridized carbons (Fsp3) is 0.571. The van der Waals surface area contributed by atoms with Crippen molar-refractivity contribution in [1.82, 2.24) is 9.62 Å². The third-order valence-corrected chi connectivity index (χ3v) is 6.89. The lowest BCUT2D eigenvalue weighted by Gasteiger charge is -2.31. The maximum Gasteiger partial charge on any atom is 0.243 e. The highest BCUT2D eigenvalue weighted by Gasteiger charge is 2.29. The van der Waals surface area contributed by atoms with Crippen LogP contribution >= 0.6 is 39.9 Å². The van der Waals surface area contributed by atoms with Crippen LogP contribution in [0.15, 0.2) is 27.6 Å². The van der Waals surface area contributed by atoms with Gasteiger partial charge in [0.2, 0.25) is 10.0 Å². The van der Waals surface area contributed by atoms with Gasteiger partial charge in [-0.15, -0.1) is 12.4 Å². The predicted molar refractivity (Wildman–Crippen MR) is 96.4 cm³/mol. The predicted octanol–water partition coefficient (Wildman–Crippen LogP) is 3.53. The van der Waals surface area contributed by atoms with E-state index in [0.717, 1.165) is 25.9 Å². The summed E-state index contributed by atoms with van der Waals surface area (Å²) >= 11 is 9.20. The Hall–Kier alpha value is 0.150. The second kappa shape index (κ2) is 8.85. The van der Waals surface area contributed by atoms with Gasteiger partial charge >= 0.3 is 0 Å². The Kier molecular flexibility index (Phi) is 8.12. The van der Waals surface area contributed by atoms with Crippen molar-refractivity contribution < 1.29 is 8.42 Å². The van der Waals surface area contributed by atoms with Crippen LogP contribution in [0.5, 0.6) is 0 Å². The summed E-state index contributed by atoms with van der Waals surface area (Å²) in [5.41, 5.74) is 0. The molecule has 1 N–H and O–H groups in total. The number of nitrogens with one attached hydrogen (secondary N) is 1. The third kappa shape index (κ3) is 4.82. The normalized spacial score (nSPS) is 17.2. The molecular weight excluding hydrogens is 411 g/mol. The van der Waals surface area contributed by atoms with Crippen LogP contribution in [-0.2, 0) is 10.0 Å². The smallest absolute Gasteiger partial charge is 0.243 e. The molecule has 0 aliphatic carbocycles. The lowest BCUT2D eigenvalue weighted by Crippen LogP contribution is -2.40. The Bertz CT molecular complexity index is 591. The van der Waals surface area contributed by atoms with Crippen molar-refractivity contribution in [2.24, 2.45) is 5.92 Å². The first-order chi connectivity index (χ1) is 9.95. The molecule has 1 aromatic carbocycles. The lowest BCUT2D eigenvalue weighted by molar-refractivity contribution is 0.268. The first kappa shape index (κ1) is 20.2. The molecule has 1 aromatic rings. The van der Waals surface area contributed by atoms with Gasteiger partial charge in [-0.2, -0.15) is 4.31 Å². The molecule has 0 atom stereocenters. The summed E-state index contributed by atoms with van der Waals surface area (Å²) in [6, 6.07) is 4.74. The molecule has 1 aliphatic heterocycles. The minimum atomic E-state index is -3.42. The van der Waals surface area contributed by atoms with Crippen LogP contribution in [0.2, 0.25) is 5.02 Å². The van der Waals surface area contributed by atoms with Crippen LogP contribution in [0.3, 0.4) is 0 Å². The maximum atomic E-state index is 12.6. The molecule has 8 heteroatoms. The fourth-order valence-electron chi connectivity index (χ4n) is 2.49. The Morgan fingerprint density at radius 3 is 2.55 bits per heavy atom. The van der Waals surface area contributed by atoms with Crippen molar-refractivity contribution in [2.45, 2.75) is 24.7 Å². The lowest BCUT2D eigenvalue weighted by atomic mass is 9.98. The molecule has 2 rings (SSSR count). The fourth-order valence-corrected chi connectivity index (χ4v) is 4.63. The highest BCUT2D eigenvalue weighted by Crippen LogP contribution is 2.28. The van der Waals surface area contributed by atoms with E-state index in [9.17, 15) is 8.42 Å². The number of hydrogen-bond acceptors (Lipinski definition) is 3. The van der Waals surface area contributed by atoms with Crippen LogP contribution < -0.4 is 5.32 Å². The highest BCUT2D eigenvalue weighted by atomic mass is 79.9. The molecule has 0 aromatic heterocycles. The van der Waals surface area contributed by atoms with Gasteiger partial charge in [0.1, 0.15) is 0 Å². The molecular formula is C14H21BrCl2N2O2S. The summed E-state index contributed by atoms with van der Waals surface area (Å²) in [4.78, 5) is 0.295. The van der Waals surface area contributed by atoms with E-state index in [1.165, 1.54) is 0 Å². The van der Waals surface area contributed by atoms with Crippen molar-refractivity contribution in [2.75, 3.05) is 26.2 Å². The molecule has 0 amide bonds. The second-order valence-electron chi connectivity index (χ2n) is 5.23. The van der Waals surface area contributed by atoms with Gasteiger partial charge in [0.25, 0.3) is 0 Å². The minimum absolute atomic E-state index is 0. The van der Waals surface area contributed by atoms with Gasteiger partial charge in [-0.05, 0) is 66.0 Å². The van der Waals surface area contributed by atoms with Gasteiger partial charge in [0, 0.05) is 17.6 Å². The number of benzene rings is 1. The molecule has 4 nitrogen and oxygen atoms in total. The highest BCUT2D eigenvalue weighted by molar-refractivity contribution is 9.10. The maximum absolute atomic E-state index is 12.6. The van der Waals surface area contributed by atoms with Gasteiger partial charge in [-0.3, -0.25) is 0 Å². The average molecular weight is 432 g/mol. The molecule has 1 aliphatic rings. The van der Waals surface area contributed by atoms with E-state index in [4.69, 9.17) is 11.6 Å². The summed E-state index contributed by atoms with van der Waals surface area (Å²) in [5, 5.41) is 3.84. The zero-order valence-electron chi connectivity index (χ0n) is 12.4. The number of sulfonamides is 1. The summed E-state index contributed by atoms with van der Waals surface area (Å²) in [5.74, 6) is 0.563. The molecule has 0 spiro atoms. The van der Waals surface area contributed by atoms with Crippen molar-refractivity contribution >= 4 is 50.0 Å². The van der Waals surface area contributed by atoms with E-state index in [1.807, 2.05) is 0 Å². The Morgan fingerprint density at radius 2 is 2.00 bits per heavy atom. The molecule has 126 valence electrons. The summed E-state index contributed by atoms with van der Waals surface area (Å²) in [6.45, 7) is 5.17. The van der Waals surface area contributed by atoms with Crippen LogP contribution in [0, 0.1) is 5.92 Å². The van der Waals surface area contributed by atoms with Crippen molar-refractivity contribution in [1.29, 1.82) is 0 Å². The Morgan fingerprint density at radius 1 is 1.36 bits per heavy atom. The van der Waals surface area contributed by atoms with Gasteiger partial charge in [0.15, 0.2) is 0 Å². The Balaban J connectivity index is 0.00000242. The molecule has 1 fully saturated rings. The SMILES string of the molecule is CCNCC1CCN(S(=O)(=O)c2ccc(Cl)c(Br)c2)CC1.Cl. The largest absolute Gasteiger partial charge is 0.317 e. The van der Waals surface area contributed by atoms with Crippen molar-refractivity contribution in [3.8, 4) is 0 Å². The molecule has 22 heavy (non-hydrogen) atoms. The first-order valence-corrected chi connectivity index (χ1v) is 9.72. The molecule has 0 unspecified atom stereocenters. The van der Waals surface area contributed by atoms with Gasteiger partial charge in [-0.25, -0.2) is 8.42 Å². The average Bonchev–Trinajstić information content (AvgIpc) is 2.48. The number of piperidine rings is 1. The van der Waals surface area contributed by atoms with Crippen LogP contribution in [0.25, 0.3) is 0 Å². The number of halogens is 3. The molecule has 1 saturated heterocycles. The van der Waals surface area contributed by atoms with Crippen LogP contribution in [-0.4, -0.2) is 38.9 Å². The topological polar surface area (TPSA) is 49.4 Å². The van der Waals surface area contributed by atoms with E-state index in [-0.39, 0.29) is 12.4 Å². The second-order valence-corrected chi connectivity index (χ2v) is 8.43. The van der Waals surface area contributed by atoms with E-state index in [0.29, 0.717) is 33.4 Å². The Labute approximate surface area is 152 Å².